The second kappa shape index (κ2) is 7.82. The van der Waals surface area contributed by atoms with Crippen molar-refractivity contribution in [2.24, 2.45) is 0 Å². The molecule has 0 aliphatic carbocycles. The van der Waals surface area contributed by atoms with Crippen molar-refractivity contribution in [1.29, 1.82) is 0 Å². The minimum Gasteiger partial charge on any atom is -0.382 e. The molecule has 0 atom stereocenters. The Kier molecular flexibility index (Phi) is 6.00. The zero-order valence-electron chi connectivity index (χ0n) is 15.3. The molecule has 25 heavy (non-hydrogen) atoms. The fraction of sp³-hybridized carbons (Fsp3) is 0.444. The first-order valence-corrected chi connectivity index (χ1v) is 9.99. The van der Waals surface area contributed by atoms with Gasteiger partial charge in [-0.2, -0.15) is 4.98 Å². The van der Waals surface area contributed by atoms with Crippen molar-refractivity contribution in [3.63, 3.8) is 0 Å². The molecule has 1 aromatic heterocycles. The molecule has 2 rings (SSSR count). The number of nitrogens with two attached hydrogens (primary N) is 1. The Morgan fingerprint density at radius 1 is 1.08 bits per heavy atom. The Morgan fingerprint density at radius 2 is 1.72 bits per heavy atom. The van der Waals surface area contributed by atoms with Gasteiger partial charge < -0.3 is 10.6 Å². The molecule has 0 spiro atoms. The van der Waals surface area contributed by atoms with E-state index < -0.39 is 9.84 Å². The molecule has 2 N–H and O–H groups in total. The highest BCUT2D eigenvalue weighted by Gasteiger charge is 2.25. The van der Waals surface area contributed by atoms with Crippen molar-refractivity contribution >= 4 is 21.6 Å². The quantitative estimate of drug-likeness (QED) is 0.814. The summed E-state index contributed by atoms with van der Waals surface area (Å²) in [4.78, 5) is 10.7. The van der Waals surface area contributed by atoms with Gasteiger partial charge in [0.1, 0.15) is 10.7 Å². The van der Waals surface area contributed by atoms with Gasteiger partial charge in [-0.05, 0) is 38.3 Å². The average molecular weight is 362 g/mol. The summed E-state index contributed by atoms with van der Waals surface area (Å²) in [6, 6.07) is 5.21. The number of anilines is 2. The summed E-state index contributed by atoms with van der Waals surface area (Å²) >= 11 is 0. The molecule has 7 heteroatoms. The van der Waals surface area contributed by atoms with E-state index in [1.54, 1.807) is 19.1 Å². The van der Waals surface area contributed by atoms with E-state index in [-0.39, 0.29) is 15.6 Å². The minimum atomic E-state index is -3.75. The van der Waals surface area contributed by atoms with Crippen LogP contribution in [0.15, 0.2) is 34.2 Å². The van der Waals surface area contributed by atoms with Crippen molar-refractivity contribution in [2.75, 3.05) is 23.7 Å². The Hall–Kier alpha value is -2.15. The van der Waals surface area contributed by atoms with Crippen LogP contribution >= 0.6 is 0 Å². The van der Waals surface area contributed by atoms with Crippen LogP contribution in [0.1, 0.15) is 37.8 Å². The van der Waals surface area contributed by atoms with Gasteiger partial charge in [0, 0.05) is 13.1 Å². The highest BCUT2D eigenvalue weighted by atomic mass is 32.2. The number of aryl methyl sites for hydroxylation is 2. The minimum absolute atomic E-state index is 0.0119. The number of benzene rings is 1. The maximum Gasteiger partial charge on any atom is 0.227 e. The molecule has 0 saturated heterocycles. The van der Waals surface area contributed by atoms with Gasteiger partial charge in [-0.3, -0.25) is 0 Å². The molecule has 0 aliphatic rings. The number of aromatic nitrogens is 2. The van der Waals surface area contributed by atoms with Gasteiger partial charge in [-0.25, -0.2) is 13.4 Å². The molecular formula is C18H26N4O2S. The Balaban J connectivity index is 2.46. The van der Waals surface area contributed by atoms with Gasteiger partial charge in [0.05, 0.1) is 11.1 Å². The summed E-state index contributed by atoms with van der Waals surface area (Å²) in [5.41, 5.74) is 7.69. The third-order valence-electron chi connectivity index (χ3n) is 3.95. The second-order valence-corrected chi connectivity index (χ2v) is 8.07. The lowest BCUT2D eigenvalue weighted by Gasteiger charge is -2.21. The summed E-state index contributed by atoms with van der Waals surface area (Å²) < 4.78 is 25.9. The van der Waals surface area contributed by atoms with Crippen LogP contribution in [-0.2, 0) is 9.84 Å². The second-order valence-electron chi connectivity index (χ2n) is 6.18. The van der Waals surface area contributed by atoms with Crippen molar-refractivity contribution in [2.45, 2.75) is 50.3 Å². The SMILES string of the molecule is CCCN(CCC)c1ncc(S(=O)(=O)c2ccc(C)cc2C)c(N)n1. The first-order chi connectivity index (χ1) is 11.8. The lowest BCUT2D eigenvalue weighted by atomic mass is 10.2. The van der Waals surface area contributed by atoms with E-state index in [0.29, 0.717) is 11.5 Å². The molecule has 0 radical (unpaired) electrons. The molecule has 136 valence electrons. The van der Waals surface area contributed by atoms with Crippen molar-refractivity contribution in [1.82, 2.24) is 9.97 Å². The van der Waals surface area contributed by atoms with Gasteiger partial charge in [0.15, 0.2) is 0 Å². The molecule has 0 saturated carbocycles. The van der Waals surface area contributed by atoms with E-state index in [2.05, 4.69) is 23.8 Å². The monoisotopic (exact) mass is 362 g/mol. The van der Waals surface area contributed by atoms with Gasteiger partial charge in [0.2, 0.25) is 15.8 Å². The zero-order chi connectivity index (χ0) is 18.6. The molecule has 0 unspecified atom stereocenters. The molecule has 2 aromatic rings. The predicted molar refractivity (Wildman–Crippen MR) is 101 cm³/mol. The maximum absolute atomic E-state index is 12.9. The molecule has 1 aromatic carbocycles. The largest absolute Gasteiger partial charge is 0.382 e. The predicted octanol–water partition coefficient (Wildman–Crippen LogP) is 3.13. The summed E-state index contributed by atoms with van der Waals surface area (Å²) in [5, 5.41) is 0. The maximum atomic E-state index is 12.9. The van der Waals surface area contributed by atoms with Crippen LogP contribution in [0.5, 0.6) is 0 Å². The number of hydrogen-bond acceptors (Lipinski definition) is 6. The molecular weight excluding hydrogens is 336 g/mol. The number of rotatable bonds is 7. The van der Waals surface area contributed by atoms with E-state index in [1.807, 2.05) is 17.9 Å². The Bertz CT molecular complexity index is 844. The fourth-order valence-corrected chi connectivity index (χ4v) is 4.28. The average Bonchev–Trinajstić information content (AvgIpc) is 2.54. The van der Waals surface area contributed by atoms with Gasteiger partial charge >= 0.3 is 0 Å². The number of sulfone groups is 1. The van der Waals surface area contributed by atoms with Crippen LogP contribution in [0, 0.1) is 13.8 Å². The Labute approximate surface area is 150 Å². The molecule has 0 bridgehead atoms. The fourth-order valence-electron chi connectivity index (χ4n) is 2.80. The molecule has 0 aliphatic heterocycles. The van der Waals surface area contributed by atoms with Crippen LogP contribution in [0.4, 0.5) is 11.8 Å². The van der Waals surface area contributed by atoms with E-state index in [1.165, 1.54) is 6.20 Å². The molecule has 6 nitrogen and oxygen atoms in total. The van der Waals surface area contributed by atoms with Crippen LogP contribution < -0.4 is 10.6 Å². The topological polar surface area (TPSA) is 89.2 Å². The van der Waals surface area contributed by atoms with Crippen molar-refractivity contribution < 1.29 is 8.42 Å². The highest BCUT2D eigenvalue weighted by molar-refractivity contribution is 7.91. The van der Waals surface area contributed by atoms with Crippen LogP contribution in [0.3, 0.4) is 0 Å². The standard InChI is InChI=1S/C18H26N4O2S/c1-5-9-22(10-6-2)18-20-12-16(17(19)21-18)25(23,24)15-8-7-13(3)11-14(15)4/h7-8,11-12H,5-6,9-10H2,1-4H3,(H2,19,20,21). The van der Waals surface area contributed by atoms with Gasteiger partial charge in [-0.15, -0.1) is 0 Å². The van der Waals surface area contributed by atoms with Crippen LogP contribution in [0.25, 0.3) is 0 Å². The van der Waals surface area contributed by atoms with Crippen molar-refractivity contribution in [3.05, 3.63) is 35.5 Å². The normalized spacial score (nSPS) is 11.5. The van der Waals surface area contributed by atoms with Crippen LogP contribution in [-0.4, -0.2) is 31.5 Å². The molecule has 0 fully saturated rings. The zero-order valence-corrected chi connectivity index (χ0v) is 16.1. The third kappa shape index (κ3) is 4.10. The van der Waals surface area contributed by atoms with Crippen molar-refractivity contribution in [3.8, 4) is 0 Å². The van der Waals surface area contributed by atoms with Gasteiger partial charge in [0.25, 0.3) is 0 Å². The van der Waals surface area contributed by atoms with Gasteiger partial charge in [-0.1, -0.05) is 31.5 Å². The van der Waals surface area contributed by atoms with E-state index in [9.17, 15) is 8.42 Å². The first kappa shape index (κ1) is 19.2. The Morgan fingerprint density at radius 3 is 2.24 bits per heavy atom. The smallest absolute Gasteiger partial charge is 0.227 e. The summed E-state index contributed by atoms with van der Waals surface area (Å²) in [5.74, 6) is 0.461. The summed E-state index contributed by atoms with van der Waals surface area (Å²) in [6.07, 6.45) is 3.22. The van der Waals surface area contributed by atoms with E-state index >= 15 is 0 Å². The first-order valence-electron chi connectivity index (χ1n) is 8.51. The van der Waals surface area contributed by atoms with Crippen LogP contribution in [0.2, 0.25) is 0 Å². The lowest BCUT2D eigenvalue weighted by Crippen LogP contribution is -2.27. The van der Waals surface area contributed by atoms with E-state index in [0.717, 1.165) is 31.5 Å². The lowest BCUT2D eigenvalue weighted by molar-refractivity contribution is 0.595. The third-order valence-corrected chi connectivity index (χ3v) is 5.88. The molecule has 1 heterocycles. The van der Waals surface area contributed by atoms with E-state index in [4.69, 9.17) is 5.73 Å². The number of hydrogen-bond donors (Lipinski definition) is 1. The number of nitrogen functional groups attached to an aromatic ring is 1. The summed E-state index contributed by atoms with van der Waals surface area (Å²) in [7, 11) is -3.75. The number of nitrogens with zero attached hydrogens (tertiary/aromatic N) is 3. The highest BCUT2D eigenvalue weighted by Crippen LogP contribution is 2.28. The molecule has 0 amide bonds. The summed E-state index contributed by atoms with van der Waals surface area (Å²) in [6.45, 7) is 9.45.